The third-order valence-corrected chi connectivity index (χ3v) is 2.42. The quantitative estimate of drug-likeness (QED) is 0.769. The number of rotatable bonds is 2. The molecule has 0 N–H and O–H groups in total. The zero-order chi connectivity index (χ0) is 11.4. The first-order valence-electron chi connectivity index (χ1n) is 5.20. The molecule has 1 unspecified atom stereocenters. The van der Waals surface area contributed by atoms with E-state index in [0.717, 1.165) is 5.56 Å². The Hall–Kier alpha value is -1.58. The fourth-order valence-corrected chi connectivity index (χ4v) is 1.56. The number of likely N-dealkylation sites (tertiary alicyclic amines) is 1. The minimum atomic E-state index is -0.954. The second-order valence-corrected chi connectivity index (χ2v) is 3.71. The largest absolute Gasteiger partial charge is 0.445 e. The maximum atomic E-state index is 12.8. The fraction of sp³-hybridized carbons (Fsp3) is 0.333. The van der Waals surface area contributed by atoms with E-state index in [9.17, 15) is 9.18 Å². The van der Waals surface area contributed by atoms with Crippen molar-refractivity contribution in [2.24, 2.45) is 0 Å². The first-order chi connectivity index (χ1) is 7.75. The molecule has 1 aromatic rings. The predicted molar refractivity (Wildman–Crippen MR) is 57.1 cm³/mol. The molecule has 0 bridgehead atoms. The van der Waals surface area contributed by atoms with Crippen LogP contribution in [0.4, 0.5) is 9.18 Å². The summed E-state index contributed by atoms with van der Waals surface area (Å²) in [6.45, 7) is 1.87. The highest BCUT2D eigenvalue weighted by atomic mass is 19.1. The molecule has 2 rings (SSSR count). The number of carbonyl (C=O) groups is 1. The summed E-state index contributed by atoms with van der Waals surface area (Å²) in [7, 11) is 0. The molecule has 85 valence electrons. The molecule has 1 radical (unpaired) electrons. The van der Waals surface area contributed by atoms with Crippen LogP contribution in [-0.4, -0.2) is 23.7 Å². The molecule has 4 heteroatoms. The van der Waals surface area contributed by atoms with Gasteiger partial charge in [0.05, 0.1) is 13.1 Å². The van der Waals surface area contributed by atoms with E-state index < -0.39 is 12.3 Å². The molecule has 1 aliphatic rings. The van der Waals surface area contributed by atoms with Crippen molar-refractivity contribution in [3.05, 3.63) is 42.4 Å². The van der Waals surface area contributed by atoms with Gasteiger partial charge in [-0.15, -0.1) is 0 Å². The molecule has 1 aliphatic heterocycles. The lowest BCUT2D eigenvalue weighted by Crippen LogP contribution is -2.27. The SMILES string of the molecule is O=C(OCc1ccccc1)N1[CH]CC(F)C1. The second kappa shape index (κ2) is 4.96. The van der Waals surface area contributed by atoms with Gasteiger partial charge in [-0.2, -0.15) is 0 Å². The van der Waals surface area contributed by atoms with E-state index in [1.165, 1.54) is 11.4 Å². The lowest BCUT2D eigenvalue weighted by atomic mass is 10.2. The smallest absolute Gasteiger partial charge is 0.410 e. The van der Waals surface area contributed by atoms with Crippen LogP contribution < -0.4 is 0 Å². The summed E-state index contributed by atoms with van der Waals surface area (Å²) >= 11 is 0. The van der Waals surface area contributed by atoms with Crippen molar-refractivity contribution in [3.8, 4) is 0 Å². The van der Waals surface area contributed by atoms with Crippen molar-refractivity contribution >= 4 is 6.09 Å². The van der Waals surface area contributed by atoms with E-state index in [4.69, 9.17) is 4.74 Å². The van der Waals surface area contributed by atoms with Gasteiger partial charge in [0, 0.05) is 6.42 Å². The number of nitrogens with zero attached hydrogens (tertiary/aromatic N) is 1. The number of hydrogen-bond donors (Lipinski definition) is 0. The van der Waals surface area contributed by atoms with E-state index in [-0.39, 0.29) is 13.2 Å². The first-order valence-corrected chi connectivity index (χ1v) is 5.20. The van der Waals surface area contributed by atoms with E-state index in [1.54, 1.807) is 0 Å². The van der Waals surface area contributed by atoms with Crippen molar-refractivity contribution in [1.82, 2.24) is 4.90 Å². The van der Waals surface area contributed by atoms with Crippen LogP contribution >= 0.6 is 0 Å². The van der Waals surface area contributed by atoms with Gasteiger partial charge in [-0.25, -0.2) is 9.18 Å². The number of ether oxygens (including phenoxy) is 1. The predicted octanol–water partition coefficient (Wildman–Crippen LogP) is 2.53. The normalized spacial score (nSPS) is 19.8. The second-order valence-electron chi connectivity index (χ2n) is 3.71. The van der Waals surface area contributed by atoms with Crippen molar-refractivity contribution in [2.45, 2.75) is 19.2 Å². The molecular weight excluding hydrogens is 209 g/mol. The Morgan fingerprint density at radius 3 is 2.81 bits per heavy atom. The number of benzene rings is 1. The summed E-state index contributed by atoms with van der Waals surface area (Å²) in [4.78, 5) is 12.8. The Bertz CT molecular complexity index is 355. The highest BCUT2D eigenvalue weighted by molar-refractivity contribution is 5.69. The standard InChI is InChI=1S/C12H13FNO2/c13-11-6-7-14(8-11)12(15)16-9-10-4-2-1-3-5-10/h1-5,7,11H,6,8-9H2. The minimum Gasteiger partial charge on any atom is -0.445 e. The maximum absolute atomic E-state index is 12.8. The zero-order valence-corrected chi connectivity index (χ0v) is 8.80. The van der Waals surface area contributed by atoms with Crippen molar-refractivity contribution in [2.75, 3.05) is 6.54 Å². The monoisotopic (exact) mass is 222 g/mol. The summed E-state index contributed by atoms with van der Waals surface area (Å²) in [5.41, 5.74) is 0.923. The molecular formula is C12H13FNO2. The number of carbonyl (C=O) groups excluding carboxylic acids is 1. The van der Waals surface area contributed by atoms with Gasteiger partial charge in [-0.05, 0) is 5.56 Å². The Morgan fingerprint density at radius 1 is 1.44 bits per heavy atom. The van der Waals surface area contributed by atoms with E-state index in [2.05, 4.69) is 0 Å². The number of alkyl halides is 1. The fourth-order valence-electron chi connectivity index (χ4n) is 1.56. The van der Waals surface area contributed by atoms with Crippen LogP contribution in [-0.2, 0) is 11.3 Å². The summed E-state index contributed by atoms with van der Waals surface area (Å²) in [5, 5.41) is 0. The van der Waals surface area contributed by atoms with Gasteiger partial charge in [0.25, 0.3) is 0 Å². The molecule has 0 spiro atoms. The summed E-state index contributed by atoms with van der Waals surface area (Å²) in [6, 6.07) is 9.40. The van der Waals surface area contributed by atoms with Gasteiger partial charge in [0.2, 0.25) is 0 Å². The van der Waals surface area contributed by atoms with Gasteiger partial charge >= 0.3 is 6.09 Å². The lowest BCUT2D eigenvalue weighted by Gasteiger charge is -2.14. The molecule has 0 saturated carbocycles. The Morgan fingerprint density at radius 2 is 2.19 bits per heavy atom. The summed E-state index contributed by atoms with van der Waals surface area (Å²) in [6.07, 6.45) is -1.14. The molecule has 1 saturated heterocycles. The van der Waals surface area contributed by atoms with Crippen LogP contribution in [0.3, 0.4) is 0 Å². The molecule has 1 heterocycles. The highest BCUT2D eigenvalue weighted by Gasteiger charge is 2.27. The Labute approximate surface area is 93.8 Å². The Kier molecular flexibility index (Phi) is 3.39. The van der Waals surface area contributed by atoms with Crippen molar-refractivity contribution < 1.29 is 13.9 Å². The van der Waals surface area contributed by atoms with Crippen LogP contribution in [0.2, 0.25) is 0 Å². The average Bonchev–Trinajstić information content (AvgIpc) is 2.74. The molecule has 1 atom stereocenters. The summed E-state index contributed by atoms with van der Waals surface area (Å²) in [5.74, 6) is 0. The minimum absolute atomic E-state index is 0.105. The van der Waals surface area contributed by atoms with Crippen molar-refractivity contribution in [1.29, 1.82) is 0 Å². The third-order valence-electron chi connectivity index (χ3n) is 2.42. The lowest BCUT2D eigenvalue weighted by molar-refractivity contribution is 0.107. The molecule has 16 heavy (non-hydrogen) atoms. The van der Waals surface area contributed by atoms with Crippen LogP contribution in [0, 0.1) is 6.54 Å². The van der Waals surface area contributed by atoms with Gasteiger partial charge in [0.15, 0.2) is 0 Å². The molecule has 1 amide bonds. The van der Waals surface area contributed by atoms with Crippen molar-refractivity contribution in [3.63, 3.8) is 0 Å². The van der Waals surface area contributed by atoms with Crippen LogP contribution in [0.1, 0.15) is 12.0 Å². The molecule has 0 aliphatic carbocycles. The van der Waals surface area contributed by atoms with Gasteiger partial charge in [-0.1, -0.05) is 30.3 Å². The molecule has 3 nitrogen and oxygen atoms in total. The number of halogens is 1. The average molecular weight is 222 g/mol. The van der Waals surface area contributed by atoms with E-state index in [1.807, 2.05) is 30.3 Å². The van der Waals surface area contributed by atoms with Crippen LogP contribution in [0.25, 0.3) is 0 Å². The van der Waals surface area contributed by atoms with Crippen LogP contribution in [0.5, 0.6) is 0 Å². The first kappa shape index (κ1) is 10.9. The van der Waals surface area contributed by atoms with Crippen LogP contribution in [0.15, 0.2) is 30.3 Å². The summed E-state index contributed by atoms with van der Waals surface area (Å²) < 4.78 is 17.9. The zero-order valence-electron chi connectivity index (χ0n) is 8.80. The number of amides is 1. The highest BCUT2D eigenvalue weighted by Crippen LogP contribution is 2.17. The number of hydrogen-bond acceptors (Lipinski definition) is 2. The molecule has 0 aromatic heterocycles. The van der Waals surface area contributed by atoms with E-state index in [0.29, 0.717) is 6.42 Å². The van der Waals surface area contributed by atoms with E-state index >= 15 is 0 Å². The third kappa shape index (κ3) is 2.72. The molecule has 1 aromatic carbocycles. The van der Waals surface area contributed by atoms with Gasteiger partial charge in [0.1, 0.15) is 12.8 Å². The Balaban J connectivity index is 1.80. The molecule has 1 fully saturated rings. The topological polar surface area (TPSA) is 29.5 Å². The maximum Gasteiger partial charge on any atom is 0.410 e. The van der Waals surface area contributed by atoms with Gasteiger partial charge < -0.3 is 9.64 Å². The van der Waals surface area contributed by atoms with Gasteiger partial charge in [-0.3, -0.25) is 0 Å².